The van der Waals surface area contributed by atoms with Gasteiger partial charge in [0.05, 0.1) is 0 Å². The Balaban J connectivity index is 1.77. The third kappa shape index (κ3) is 1.71. The van der Waals surface area contributed by atoms with Crippen LogP contribution in [-0.4, -0.2) is 51.7 Å². The van der Waals surface area contributed by atoms with Crippen molar-refractivity contribution in [3.05, 3.63) is 11.6 Å². The minimum Gasteiger partial charge on any atom is -0.332 e. The molecule has 3 unspecified atom stereocenters. The lowest BCUT2D eigenvalue weighted by molar-refractivity contribution is 0.0716. The quantitative estimate of drug-likeness (QED) is 0.776. The maximum Gasteiger partial charge on any atom is 0.293 e. The Hall–Kier alpha value is -1.43. The molecule has 0 radical (unpaired) electrons. The first-order chi connectivity index (χ1) is 8.70. The minimum absolute atomic E-state index is 0.0344. The van der Waals surface area contributed by atoms with E-state index >= 15 is 0 Å². The van der Waals surface area contributed by atoms with E-state index < -0.39 is 0 Å². The van der Waals surface area contributed by atoms with Gasteiger partial charge >= 0.3 is 0 Å². The summed E-state index contributed by atoms with van der Waals surface area (Å²) in [4.78, 5) is 18.5. The molecule has 0 aromatic carbocycles. The second-order valence-corrected chi connectivity index (χ2v) is 5.24. The highest BCUT2D eigenvalue weighted by Crippen LogP contribution is 2.32. The second kappa shape index (κ2) is 4.35. The number of nitrogens with zero attached hydrogens (tertiary/aromatic N) is 3. The van der Waals surface area contributed by atoms with Crippen molar-refractivity contribution >= 4 is 5.91 Å². The standard InChI is InChI=1S/C12H19N5O/c1-3-10-14-11(16-15-10)12(18)17-6-8-4-13-5-9(8)7(17)2/h7-9,13H,3-6H2,1-2H3,(H,14,15,16). The number of fused-ring (bicyclic) bond motifs is 1. The molecule has 98 valence electrons. The molecule has 2 aliphatic rings. The van der Waals surface area contributed by atoms with E-state index in [2.05, 4.69) is 27.4 Å². The first-order valence-electron chi connectivity index (χ1n) is 6.63. The van der Waals surface area contributed by atoms with E-state index in [0.717, 1.165) is 31.9 Å². The predicted octanol–water partition coefficient (Wildman–Crippen LogP) is 0.0470. The third-order valence-corrected chi connectivity index (χ3v) is 4.25. The summed E-state index contributed by atoms with van der Waals surface area (Å²) in [5.41, 5.74) is 0. The van der Waals surface area contributed by atoms with Crippen LogP contribution in [0.25, 0.3) is 0 Å². The van der Waals surface area contributed by atoms with Gasteiger partial charge in [-0.05, 0) is 18.8 Å². The summed E-state index contributed by atoms with van der Waals surface area (Å²) in [5.74, 6) is 2.22. The summed E-state index contributed by atoms with van der Waals surface area (Å²) in [6.45, 7) is 6.98. The summed E-state index contributed by atoms with van der Waals surface area (Å²) in [5, 5.41) is 10.2. The van der Waals surface area contributed by atoms with Crippen molar-refractivity contribution in [1.82, 2.24) is 25.4 Å². The molecule has 3 heterocycles. The van der Waals surface area contributed by atoms with Gasteiger partial charge in [0.1, 0.15) is 5.82 Å². The summed E-state index contributed by atoms with van der Waals surface area (Å²) in [6, 6.07) is 0.279. The van der Waals surface area contributed by atoms with E-state index in [1.807, 2.05) is 11.8 Å². The Bertz CT molecular complexity index is 457. The highest BCUT2D eigenvalue weighted by molar-refractivity contribution is 5.90. The second-order valence-electron chi connectivity index (χ2n) is 5.24. The monoisotopic (exact) mass is 249 g/mol. The van der Waals surface area contributed by atoms with Crippen molar-refractivity contribution in [2.45, 2.75) is 26.3 Å². The van der Waals surface area contributed by atoms with Crippen LogP contribution in [0, 0.1) is 11.8 Å². The molecule has 2 fully saturated rings. The molecule has 1 aromatic heterocycles. The molecule has 0 aliphatic carbocycles. The fraction of sp³-hybridized carbons (Fsp3) is 0.750. The topological polar surface area (TPSA) is 73.9 Å². The fourth-order valence-corrected chi connectivity index (χ4v) is 3.11. The smallest absolute Gasteiger partial charge is 0.293 e. The molecule has 0 bridgehead atoms. The van der Waals surface area contributed by atoms with E-state index in [4.69, 9.17) is 0 Å². The van der Waals surface area contributed by atoms with Crippen molar-refractivity contribution in [2.75, 3.05) is 19.6 Å². The van der Waals surface area contributed by atoms with Gasteiger partial charge in [0, 0.05) is 32.1 Å². The number of aryl methyl sites for hydroxylation is 1. The number of hydrogen-bond donors (Lipinski definition) is 2. The number of carbonyl (C=O) groups excluding carboxylic acids is 1. The Morgan fingerprint density at radius 1 is 1.50 bits per heavy atom. The average molecular weight is 249 g/mol. The summed E-state index contributed by atoms with van der Waals surface area (Å²) in [7, 11) is 0. The fourth-order valence-electron chi connectivity index (χ4n) is 3.11. The lowest BCUT2D eigenvalue weighted by atomic mass is 9.95. The number of aromatic nitrogens is 3. The van der Waals surface area contributed by atoms with Crippen molar-refractivity contribution in [1.29, 1.82) is 0 Å². The van der Waals surface area contributed by atoms with Gasteiger partial charge < -0.3 is 10.2 Å². The highest BCUT2D eigenvalue weighted by atomic mass is 16.2. The lowest BCUT2D eigenvalue weighted by Crippen LogP contribution is -2.38. The first kappa shape index (κ1) is 11.6. The number of carbonyl (C=O) groups is 1. The Morgan fingerprint density at radius 2 is 2.33 bits per heavy atom. The maximum atomic E-state index is 12.4. The van der Waals surface area contributed by atoms with Gasteiger partial charge in [-0.1, -0.05) is 6.92 Å². The van der Waals surface area contributed by atoms with E-state index in [1.165, 1.54) is 0 Å². The SMILES string of the molecule is CCc1nc(C(=O)N2CC3CNCC3C2C)n[nH]1. The molecular weight excluding hydrogens is 230 g/mol. The van der Waals surface area contributed by atoms with Crippen LogP contribution in [0.2, 0.25) is 0 Å². The maximum absolute atomic E-state index is 12.4. The normalized spacial score (nSPS) is 30.8. The molecule has 3 atom stereocenters. The Labute approximate surface area is 106 Å². The molecular formula is C12H19N5O. The zero-order valence-corrected chi connectivity index (χ0v) is 10.8. The molecule has 1 aromatic rings. The number of hydrogen-bond acceptors (Lipinski definition) is 4. The van der Waals surface area contributed by atoms with Gasteiger partial charge in [-0.3, -0.25) is 9.89 Å². The summed E-state index contributed by atoms with van der Waals surface area (Å²) in [6.07, 6.45) is 0.769. The van der Waals surface area contributed by atoms with Gasteiger partial charge in [-0.15, -0.1) is 5.10 Å². The molecule has 1 amide bonds. The van der Waals surface area contributed by atoms with Crippen molar-refractivity contribution in [3.8, 4) is 0 Å². The number of rotatable bonds is 2. The van der Waals surface area contributed by atoms with Gasteiger partial charge in [0.2, 0.25) is 5.82 Å². The summed E-state index contributed by atoms with van der Waals surface area (Å²) < 4.78 is 0. The lowest BCUT2D eigenvalue weighted by Gasteiger charge is -2.23. The Kier molecular flexibility index (Phi) is 2.81. The third-order valence-electron chi connectivity index (χ3n) is 4.25. The molecule has 2 N–H and O–H groups in total. The summed E-state index contributed by atoms with van der Waals surface area (Å²) >= 11 is 0. The molecule has 6 nitrogen and oxygen atoms in total. The van der Waals surface area contributed by atoms with Crippen molar-refractivity contribution < 1.29 is 4.79 Å². The average Bonchev–Trinajstić information content (AvgIpc) is 3.06. The highest BCUT2D eigenvalue weighted by Gasteiger charge is 2.44. The van der Waals surface area contributed by atoms with Crippen LogP contribution in [0.3, 0.4) is 0 Å². The number of likely N-dealkylation sites (tertiary alicyclic amines) is 1. The van der Waals surface area contributed by atoms with Crippen LogP contribution in [0.15, 0.2) is 0 Å². The predicted molar refractivity (Wildman–Crippen MR) is 66.1 cm³/mol. The molecule has 6 heteroatoms. The largest absolute Gasteiger partial charge is 0.332 e. The number of nitrogens with one attached hydrogen (secondary N) is 2. The van der Waals surface area contributed by atoms with Crippen LogP contribution >= 0.6 is 0 Å². The van der Waals surface area contributed by atoms with Crippen molar-refractivity contribution in [3.63, 3.8) is 0 Å². The van der Waals surface area contributed by atoms with Crippen LogP contribution in [0.5, 0.6) is 0 Å². The van der Waals surface area contributed by atoms with Crippen LogP contribution in [0.4, 0.5) is 0 Å². The van der Waals surface area contributed by atoms with E-state index in [0.29, 0.717) is 17.7 Å². The van der Waals surface area contributed by atoms with Crippen LogP contribution in [0.1, 0.15) is 30.3 Å². The van der Waals surface area contributed by atoms with Crippen LogP contribution < -0.4 is 5.32 Å². The van der Waals surface area contributed by atoms with Crippen LogP contribution in [-0.2, 0) is 6.42 Å². The van der Waals surface area contributed by atoms with E-state index in [-0.39, 0.29) is 11.9 Å². The van der Waals surface area contributed by atoms with Gasteiger partial charge in [-0.2, -0.15) is 0 Å². The number of aromatic amines is 1. The van der Waals surface area contributed by atoms with Crippen molar-refractivity contribution in [2.24, 2.45) is 11.8 Å². The molecule has 2 aliphatic heterocycles. The minimum atomic E-state index is -0.0344. The van der Waals surface area contributed by atoms with Gasteiger partial charge in [0.25, 0.3) is 5.91 Å². The molecule has 3 rings (SSSR count). The Morgan fingerprint density at radius 3 is 3.00 bits per heavy atom. The number of amides is 1. The van der Waals surface area contributed by atoms with Gasteiger partial charge in [0.15, 0.2) is 0 Å². The van der Waals surface area contributed by atoms with E-state index in [1.54, 1.807) is 0 Å². The molecule has 18 heavy (non-hydrogen) atoms. The molecule has 0 spiro atoms. The van der Waals surface area contributed by atoms with Gasteiger partial charge in [-0.25, -0.2) is 4.98 Å². The molecule has 2 saturated heterocycles. The number of H-pyrrole nitrogens is 1. The van der Waals surface area contributed by atoms with E-state index in [9.17, 15) is 4.79 Å². The zero-order chi connectivity index (χ0) is 12.7. The first-order valence-corrected chi connectivity index (χ1v) is 6.63. The molecule has 0 saturated carbocycles. The zero-order valence-electron chi connectivity index (χ0n) is 10.8.